The lowest BCUT2D eigenvalue weighted by Gasteiger charge is -2.40. The van der Waals surface area contributed by atoms with Crippen molar-refractivity contribution in [2.45, 2.75) is 42.2 Å². The number of thioether (sulfide) groups is 1. The van der Waals surface area contributed by atoms with E-state index in [4.69, 9.17) is 16.3 Å². The molecule has 0 saturated carbocycles. The number of carbonyl (C=O) groups excluding carboxylic acids is 3. The number of fused-ring (bicyclic) bond motifs is 1. The molecular weight excluding hydrogens is 500 g/mol. The SMILES string of the molecule is C=CCOC(=O)[C@@H]1[C@@H]2CC(C)C3(S2)C(C(=O)N(CC=C)c2ccccc2Cl)N(CCCCO)C(=O)[C@H]13. The van der Waals surface area contributed by atoms with Crippen LogP contribution in [0.3, 0.4) is 0 Å². The van der Waals surface area contributed by atoms with Crippen molar-refractivity contribution >= 4 is 46.8 Å². The Morgan fingerprint density at radius 1 is 1.31 bits per heavy atom. The minimum absolute atomic E-state index is 0.00115. The van der Waals surface area contributed by atoms with Crippen LogP contribution < -0.4 is 4.90 Å². The third-order valence-corrected chi connectivity index (χ3v) is 10.0. The molecule has 0 aromatic heterocycles. The molecule has 3 unspecified atom stereocenters. The highest BCUT2D eigenvalue weighted by Crippen LogP contribution is 2.68. The normalized spacial score (nSPS) is 30.2. The maximum Gasteiger partial charge on any atom is 0.311 e. The van der Waals surface area contributed by atoms with Crippen LogP contribution in [0.5, 0.6) is 0 Å². The van der Waals surface area contributed by atoms with Gasteiger partial charge >= 0.3 is 5.97 Å². The Bertz CT molecular complexity index is 1050. The lowest BCUT2D eigenvalue weighted by Crippen LogP contribution is -2.57. The molecule has 6 atom stereocenters. The van der Waals surface area contributed by atoms with E-state index in [1.54, 1.807) is 45.8 Å². The molecule has 2 bridgehead atoms. The third-order valence-electron chi connectivity index (χ3n) is 7.62. The van der Waals surface area contributed by atoms with Crippen LogP contribution in [-0.2, 0) is 19.1 Å². The standard InChI is InChI=1S/C27H33ClN2O5S/c1-4-12-29(19-11-7-6-10-18(19)28)25(33)23-27-17(3)16-20(36-27)21(26(34)35-15-5-2)22(27)24(32)30(23)13-8-9-14-31/h4-7,10-11,17,20-23,31H,1-2,8-9,12-16H2,3H3/t17?,20-,21+,22-,23?,27?/m0/s1. The quantitative estimate of drug-likeness (QED) is 0.266. The molecule has 3 fully saturated rings. The van der Waals surface area contributed by atoms with E-state index >= 15 is 0 Å². The van der Waals surface area contributed by atoms with E-state index in [2.05, 4.69) is 20.1 Å². The number of nitrogens with zero attached hydrogens (tertiary/aromatic N) is 2. The fraction of sp³-hybridized carbons (Fsp3) is 0.519. The van der Waals surface area contributed by atoms with E-state index in [0.29, 0.717) is 30.1 Å². The second-order valence-electron chi connectivity index (χ2n) is 9.62. The Kier molecular flexibility index (Phi) is 8.17. The van der Waals surface area contributed by atoms with Crippen LogP contribution in [0.2, 0.25) is 5.02 Å². The van der Waals surface area contributed by atoms with Gasteiger partial charge in [-0.2, -0.15) is 0 Å². The van der Waals surface area contributed by atoms with E-state index in [1.807, 2.05) is 6.07 Å². The van der Waals surface area contributed by atoms with Crippen LogP contribution in [0.4, 0.5) is 5.69 Å². The number of unbranched alkanes of at least 4 members (excludes halogenated alkanes) is 1. The van der Waals surface area contributed by atoms with Gasteiger partial charge in [-0.15, -0.1) is 18.3 Å². The zero-order valence-corrected chi connectivity index (χ0v) is 22.0. The largest absolute Gasteiger partial charge is 0.461 e. The van der Waals surface area contributed by atoms with Gasteiger partial charge in [-0.1, -0.05) is 49.4 Å². The molecule has 4 rings (SSSR count). The minimum atomic E-state index is -0.771. The Morgan fingerprint density at radius 2 is 2.06 bits per heavy atom. The second-order valence-corrected chi connectivity index (χ2v) is 11.6. The van der Waals surface area contributed by atoms with Gasteiger partial charge in [0.2, 0.25) is 5.91 Å². The summed E-state index contributed by atoms with van der Waals surface area (Å²) in [5, 5.41) is 9.69. The summed E-state index contributed by atoms with van der Waals surface area (Å²) < 4.78 is 4.66. The highest BCUT2D eigenvalue weighted by atomic mass is 35.5. The van der Waals surface area contributed by atoms with Crippen LogP contribution in [0.1, 0.15) is 26.2 Å². The fourth-order valence-corrected chi connectivity index (χ4v) is 8.83. The number of benzene rings is 1. The lowest BCUT2D eigenvalue weighted by molar-refractivity contribution is -0.153. The van der Waals surface area contributed by atoms with Gasteiger partial charge in [0.25, 0.3) is 5.91 Å². The molecule has 1 aromatic carbocycles. The van der Waals surface area contributed by atoms with Crippen molar-refractivity contribution in [3.63, 3.8) is 0 Å². The lowest BCUT2D eigenvalue weighted by atomic mass is 9.66. The summed E-state index contributed by atoms with van der Waals surface area (Å²) in [6, 6.07) is 6.35. The molecule has 0 aliphatic carbocycles. The summed E-state index contributed by atoms with van der Waals surface area (Å²) in [6.45, 7) is 10.2. The number of para-hydroxylation sites is 1. The van der Waals surface area contributed by atoms with Crippen molar-refractivity contribution in [1.29, 1.82) is 0 Å². The molecule has 36 heavy (non-hydrogen) atoms. The number of amides is 2. The van der Waals surface area contributed by atoms with Crippen LogP contribution in [-0.4, -0.2) is 70.1 Å². The summed E-state index contributed by atoms with van der Waals surface area (Å²) in [4.78, 5) is 44.8. The number of aliphatic hydroxyl groups is 1. The van der Waals surface area contributed by atoms with Gasteiger partial charge in [-0.25, -0.2) is 0 Å². The number of esters is 1. The number of likely N-dealkylation sites (tertiary alicyclic amines) is 1. The summed E-state index contributed by atoms with van der Waals surface area (Å²) in [5.41, 5.74) is 0.554. The first-order valence-electron chi connectivity index (χ1n) is 12.4. The number of hydrogen-bond donors (Lipinski definition) is 1. The predicted molar refractivity (Wildman–Crippen MR) is 142 cm³/mol. The zero-order valence-electron chi connectivity index (χ0n) is 20.5. The maximum absolute atomic E-state index is 14.4. The highest BCUT2D eigenvalue weighted by Gasteiger charge is 2.76. The Labute approximate surface area is 221 Å². The molecule has 3 aliphatic rings. The Hall–Kier alpha value is -2.29. The zero-order chi connectivity index (χ0) is 26.0. The Morgan fingerprint density at radius 3 is 2.72 bits per heavy atom. The van der Waals surface area contributed by atoms with Crippen molar-refractivity contribution in [2.24, 2.45) is 17.8 Å². The van der Waals surface area contributed by atoms with E-state index in [9.17, 15) is 19.5 Å². The topological polar surface area (TPSA) is 87.2 Å². The summed E-state index contributed by atoms with van der Waals surface area (Å²) in [5.74, 6) is -2.04. The molecule has 7 nitrogen and oxygen atoms in total. The van der Waals surface area contributed by atoms with Gasteiger partial charge in [0.15, 0.2) is 0 Å². The first-order chi connectivity index (χ1) is 17.3. The van der Waals surface area contributed by atoms with E-state index in [1.165, 1.54) is 6.08 Å². The van der Waals surface area contributed by atoms with Gasteiger partial charge in [0.1, 0.15) is 12.6 Å². The fourth-order valence-electron chi connectivity index (χ4n) is 6.19. The predicted octanol–water partition coefficient (Wildman–Crippen LogP) is 3.70. The molecular formula is C27H33ClN2O5S. The second kappa shape index (κ2) is 11.0. The van der Waals surface area contributed by atoms with E-state index in [-0.39, 0.29) is 42.7 Å². The molecule has 1 spiro atoms. The van der Waals surface area contributed by atoms with Gasteiger partial charge in [-0.3, -0.25) is 14.4 Å². The minimum Gasteiger partial charge on any atom is -0.461 e. The van der Waals surface area contributed by atoms with Crippen molar-refractivity contribution in [1.82, 2.24) is 4.90 Å². The number of aliphatic hydroxyl groups excluding tert-OH is 1. The summed E-state index contributed by atoms with van der Waals surface area (Å²) in [7, 11) is 0. The van der Waals surface area contributed by atoms with Gasteiger partial charge in [0, 0.05) is 24.9 Å². The molecule has 3 heterocycles. The number of carbonyl (C=O) groups is 3. The summed E-state index contributed by atoms with van der Waals surface area (Å²) >= 11 is 8.09. The third kappa shape index (κ3) is 4.27. The number of anilines is 1. The molecule has 1 aromatic rings. The van der Waals surface area contributed by atoms with Crippen molar-refractivity contribution < 1.29 is 24.2 Å². The molecule has 3 aliphatic heterocycles. The number of rotatable bonds is 11. The van der Waals surface area contributed by atoms with E-state index < -0.39 is 28.6 Å². The number of ether oxygens (including phenoxy) is 1. The average molecular weight is 533 g/mol. The maximum atomic E-state index is 14.4. The van der Waals surface area contributed by atoms with Crippen LogP contribution >= 0.6 is 23.4 Å². The number of hydrogen-bond acceptors (Lipinski definition) is 6. The van der Waals surface area contributed by atoms with Crippen molar-refractivity contribution in [2.75, 3.05) is 31.2 Å². The van der Waals surface area contributed by atoms with Crippen molar-refractivity contribution in [3.8, 4) is 0 Å². The van der Waals surface area contributed by atoms with E-state index in [0.717, 1.165) is 6.42 Å². The molecule has 9 heteroatoms. The first kappa shape index (κ1) is 26.8. The van der Waals surface area contributed by atoms with Gasteiger partial charge < -0.3 is 19.6 Å². The van der Waals surface area contributed by atoms with Crippen LogP contribution in [0.25, 0.3) is 0 Å². The average Bonchev–Trinajstić information content (AvgIpc) is 3.45. The first-order valence-corrected chi connectivity index (χ1v) is 13.6. The molecule has 3 saturated heterocycles. The molecule has 194 valence electrons. The molecule has 1 N–H and O–H groups in total. The van der Waals surface area contributed by atoms with Crippen molar-refractivity contribution in [3.05, 3.63) is 54.6 Å². The number of halogens is 1. The monoisotopic (exact) mass is 532 g/mol. The van der Waals surface area contributed by atoms with Gasteiger partial charge in [0.05, 0.1) is 27.3 Å². The summed E-state index contributed by atoms with van der Waals surface area (Å²) in [6.07, 6.45) is 4.94. The van der Waals surface area contributed by atoms with Gasteiger partial charge in [-0.05, 0) is 37.3 Å². The molecule has 0 radical (unpaired) electrons. The smallest absolute Gasteiger partial charge is 0.311 e. The van der Waals surface area contributed by atoms with Crippen LogP contribution in [0, 0.1) is 17.8 Å². The molecule has 2 amide bonds. The van der Waals surface area contributed by atoms with Crippen LogP contribution in [0.15, 0.2) is 49.6 Å². The Balaban J connectivity index is 1.78. The highest BCUT2D eigenvalue weighted by molar-refractivity contribution is 8.02.